The smallest absolute Gasteiger partial charge is 0.0714 e. The molecule has 4 nitrogen and oxygen atoms in total. The van der Waals surface area contributed by atoms with E-state index >= 15 is 0 Å². The van der Waals surface area contributed by atoms with E-state index in [4.69, 9.17) is 0 Å². The van der Waals surface area contributed by atoms with Gasteiger partial charge in [-0.3, -0.25) is 4.68 Å². The lowest BCUT2D eigenvalue weighted by Crippen LogP contribution is -2.55. The Morgan fingerprint density at radius 3 is 2.57 bits per heavy atom. The van der Waals surface area contributed by atoms with Crippen molar-refractivity contribution in [1.29, 1.82) is 0 Å². The number of likely N-dealkylation sites (N-methyl/N-ethyl adjacent to an activating group) is 2. The van der Waals surface area contributed by atoms with Gasteiger partial charge in [-0.05, 0) is 75.6 Å². The normalized spacial score (nSPS) is 28.0. The van der Waals surface area contributed by atoms with Crippen molar-refractivity contribution in [3.8, 4) is 0 Å². The van der Waals surface area contributed by atoms with Gasteiger partial charge in [0.15, 0.2) is 0 Å². The van der Waals surface area contributed by atoms with E-state index in [2.05, 4.69) is 70.9 Å². The molecule has 1 N–H and O–H groups in total. The van der Waals surface area contributed by atoms with Gasteiger partial charge in [0.05, 0.1) is 22.4 Å². The zero-order chi connectivity index (χ0) is 15.6. The summed E-state index contributed by atoms with van der Waals surface area (Å²) in [6, 6.07) is 0.289. The van der Waals surface area contributed by atoms with Gasteiger partial charge in [-0.2, -0.15) is 5.10 Å². The molecule has 1 fully saturated rings. The summed E-state index contributed by atoms with van der Waals surface area (Å²) in [4.78, 5) is 2.43. The second-order valence-corrected chi connectivity index (χ2v) is 7.45. The Labute approximate surface area is 137 Å². The van der Waals surface area contributed by atoms with Gasteiger partial charge in [-0.25, -0.2) is 0 Å². The van der Waals surface area contributed by atoms with Crippen molar-refractivity contribution in [3.05, 3.63) is 16.4 Å². The predicted octanol–water partition coefficient (Wildman–Crippen LogP) is 3.44. The lowest BCUT2D eigenvalue weighted by molar-refractivity contribution is 0.0423. The molecule has 1 aliphatic carbocycles. The summed E-state index contributed by atoms with van der Waals surface area (Å²) in [6.07, 6.45) is 6.99. The molecule has 1 aromatic heterocycles. The Balaban J connectivity index is 2.43. The molecule has 0 saturated heterocycles. The Morgan fingerprint density at radius 2 is 2.10 bits per heavy atom. The number of aryl methyl sites for hydroxylation is 1. The van der Waals surface area contributed by atoms with Crippen LogP contribution in [0.1, 0.15) is 51.3 Å². The fourth-order valence-electron chi connectivity index (χ4n) is 3.83. The Morgan fingerprint density at radius 1 is 1.48 bits per heavy atom. The Hall–Kier alpha value is -0.390. The third-order valence-electron chi connectivity index (χ3n) is 5.26. The molecule has 1 unspecified atom stereocenters. The molecule has 120 valence electrons. The van der Waals surface area contributed by atoms with Crippen molar-refractivity contribution >= 4 is 15.9 Å². The van der Waals surface area contributed by atoms with Crippen LogP contribution in [0.15, 0.2) is 10.7 Å². The minimum absolute atomic E-state index is 0.163. The molecule has 21 heavy (non-hydrogen) atoms. The standard InChI is InChI=1S/C16H29BrN4/c1-6-21-14(13(17)11-19-21)15(18-3)16(20(4)5)9-7-12(2)8-10-16/h11-12,15,18H,6-10H2,1-5H3. The fraction of sp³-hybridized carbons (Fsp3) is 0.812. The van der Waals surface area contributed by atoms with Crippen molar-refractivity contribution in [2.24, 2.45) is 5.92 Å². The lowest BCUT2D eigenvalue weighted by Gasteiger charge is -2.49. The maximum Gasteiger partial charge on any atom is 0.0714 e. The molecule has 1 atom stereocenters. The molecular weight excluding hydrogens is 328 g/mol. The van der Waals surface area contributed by atoms with E-state index in [0.29, 0.717) is 0 Å². The van der Waals surface area contributed by atoms with Gasteiger partial charge in [0.25, 0.3) is 0 Å². The van der Waals surface area contributed by atoms with Crippen molar-refractivity contribution in [1.82, 2.24) is 20.0 Å². The quantitative estimate of drug-likeness (QED) is 0.876. The summed E-state index contributed by atoms with van der Waals surface area (Å²) in [6.45, 7) is 5.43. The Bertz CT molecular complexity index is 461. The maximum atomic E-state index is 4.51. The molecule has 1 heterocycles. The molecule has 0 radical (unpaired) electrons. The average Bonchev–Trinajstić information content (AvgIpc) is 2.83. The van der Waals surface area contributed by atoms with Gasteiger partial charge < -0.3 is 10.2 Å². The summed E-state index contributed by atoms with van der Waals surface area (Å²) in [7, 11) is 6.52. The van der Waals surface area contributed by atoms with Crippen molar-refractivity contribution in [3.63, 3.8) is 0 Å². The maximum absolute atomic E-state index is 4.51. The van der Waals surface area contributed by atoms with Crippen LogP contribution in [0, 0.1) is 5.92 Å². The highest BCUT2D eigenvalue weighted by molar-refractivity contribution is 9.10. The highest BCUT2D eigenvalue weighted by Gasteiger charge is 2.45. The molecule has 0 aliphatic heterocycles. The highest BCUT2D eigenvalue weighted by atomic mass is 79.9. The zero-order valence-corrected chi connectivity index (χ0v) is 15.6. The topological polar surface area (TPSA) is 33.1 Å². The van der Waals surface area contributed by atoms with Gasteiger partial charge >= 0.3 is 0 Å². The van der Waals surface area contributed by atoms with Crippen LogP contribution in [0.25, 0.3) is 0 Å². The number of hydrogen-bond donors (Lipinski definition) is 1. The molecule has 1 saturated carbocycles. The number of halogens is 1. The molecule has 1 aromatic rings. The molecule has 0 bridgehead atoms. The van der Waals surface area contributed by atoms with Gasteiger partial charge in [-0.1, -0.05) is 6.92 Å². The third-order valence-corrected chi connectivity index (χ3v) is 5.87. The van der Waals surface area contributed by atoms with Crippen LogP contribution in [0.3, 0.4) is 0 Å². The SMILES string of the molecule is CCn1ncc(Br)c1C(NC)C1(N(C)C)CCC(C)CC1. The van der Waals surface area contributed by atoms with E-state index in [1.54, 1.807) is 0 Å². The van der Waals surface area contributed by atoms with E-state index in [-0.39, 0.29) is 11.6 Å². The number of aromatic nitrogens is 2. The van der Waals surface area contributed by atoms with Gasteiger partial charge in [0.1, 0.15) is 0 Å². The summed E-state index contributed by atoms with van der Waals surface area (Å²) in [5.74, 6) is 0.843. The first-order valence-corrected chi connectivity index (χ1v) is 8.81. The number of rotatable bonds is 5. The molecule has 5 heteroatoms. The molecular formula is C16H29BrN4. The monoisotopic (exact) mass is 356 g/mol. The fourth-order valence-corrected chi connectivity index (χ4v) is 4.35. The van der Waals surface area contributed by atoms with Crippen LogP contribution >= 0.6 is 15.9 Å². The first-order chi connectivity index (χ1) is 9.96. The van der Waals surface area contributed by atoms with E-state index in [1.165, 1.54) is 31.4 Å². The van der Waals surface area contributed by atoms with Crippen LogP contribution in [0.2, 0.25) is 0 Å². The summed E-state index contributed by atoms with van der Waals surface area (Å²) in [5.41, 5.74) is 1.44. The summed E-state index contributed by atoms with van der Waals surface area (Å²) < 4.78 is 3.23. The third kappa shape index (κ3) is 3.06. The number of nitrogens with zero attached hydrogens (tertiary/aromatic N) is 3. The predicted molar refractivity (Wildman–Crippen MR) is 91.5 cm³/mol. The van der Waals surface area contributed by atoms with E-state index < -0.39 is 0 Å². The van der Waals surface area contributed by atoms with Crippen LogP contribution < -0.4 is 5.32 Å². The molecule has 0 aromatic carbocycles. The van der Waals surface area contributed by atoms with Crippen molar-refractivity contribution < 1.29 is 0 Å². The Kier molecular flexibility index (Phi) is 5.49. The first kappa shape index (κ1) is 17.0. The van der Waals surface area contributed by atoms with Crippen LogP contribution in [0.4, 0.5) is 0 Å². The molecule has 1 aliphatic rings. The minimum Gasteiger partial charge on any atom is -0.310 e. The summed E-state index contributed by atoms with van der Waals surface area (Å²) in [5, 5.41) is 8.11. The number of nitrogens with one attached hydrogen (secondary N) is 1. The lowest BCUT2D eigenvalue weighted by atomic mass is 9.71. The van der Waals surface area contributed by atoms with Gasteiger partial charge in [-0.15, -0.1) is 0 Å². The van der Waals surface area contributed by atoms with Crippen LogP contribution in [0.5, 0.6) is 0 Å². The number of hydrogen-bond acceptors (Lipinski definition) is 3. The van der Waals surface area contributed by atoms with E-state index in [0.717, 1.165) is 16.9 Å². The van der Waals surface area contributed by atoms with Crippen LogP contribution in [-0.4, -0.2) is 41.4 Å². The molecule has 0 spiro atoms. The first-order valence-electron chi connectivity index (χ1n) is 8.02. The largest absolute Gasteiger partial charge is 0.310 e. The highest BCUT2D eigenvalue weighted by Crippen LogP contribution is 2.44. The summed E-state index contributed by atoms with van der Waals surface area (Å²) >= 11 is 3.71. The second kappa shape index (κ2) is 6.80. The average molecular weight is 357 g/mol. The minimum atomic E-state index is 0.163. The molecule has 2 rings (SSSR count). The van der Waals surface area contributed by atoms with Crippen LogP contribution in [-0.2, 0) is 6.54 Å². The van der Waals surface area contributed by atoms with E-state index in [1.807, 2.05) is 6.20 Å². The molecule has 0 amide bonds. The zero-order valence-electron chi connectivity index (χ0n) is 14.0. The van der Waals surface area contributed by atoms with Gasteiger partial charge in [0.2, 0.25) is 0 Å². The second-order valence-electron chi connectivity index (χ2n) is 6.60. The van der Waals surface area contributed by atoms with Gasteiger partial charge in [0, 0.05) is 12.1 Å². The van der Waals surface area contributed by atoms with E-state index in [9.17, 15) is 0 Å². The van der Waals surface area contributed by atoms with Crippen molar-refractivity contribution in [2.75, 3.05) is 21.1 Å². The van der Waals surface area contributed by atoms with Crippen molar-refractivity contribution in [2.45, 2.75) is 57.7 Å².